The number of halogens is 3. The molecule has 0 aliphatic rings. The molecule has 0 spiro atoms. The molecule has 0 saturated carbocycles. The molecule has 0 saturated heterocycles. The van der Waals surface area contributed by atoms with E-state index in [-0.39, 0.29) is 24.0 Å². The number of alkyl halides is 2. The number of pyridine rings is 1. The van der Waals surface area contributed by atoms with Crippen molar-refractivity contribution < 1.29 is 18.0 Å². The summed E-state index contributed by atoms with van der Waals surface area (Å²) in [5, 5.41) is 6.47. The number of aromatic nitrogens is 3. The van der Waals surface area contributed by atoms with Crippen LogP contribution in [-0.2, 0) is 11.3 Å². The zero-order valence-corrected chi connectivity index (χ0v) is 14.1. The Balaban J connectivity index is 2.03. The van der Waals surface area contributed by atoms with E-state index in [1.165, 1.54) is 18.2 Å². The van der Waals surface area contributed by atoms with E-state index in [0.717, 1.165) is 12.3 Å². The van der Waals surface area contributed by atoms with Gasteiger partial charge in [-0.05, 0) is 48.0 Å². The average molecular weight is 372 g/mol. The number of nitrogens with one attached hydrogen (secondary N) is 1. The normalized spacial score (nSPS) is 10.8. The molecule has 0 atom stereocenters. The van der Waals surface area contributed by atoms with Crippen molar-refractivity contribution in [3.63, 3.8) is 0 Å². The van der Waals surface area contributed by atoms with Crippen molar-refractivity contribution in [2.75, 3.05) is 0 Å². The number of nitrogens with zero attached hydrogens (tertiary/aromatic N) is 3. The fourth-order valence-electron chi connectivity index (χ4n) is 2.46. The van der Waals surface area contributed by atoms with Gasteiger partial charge in [0.05, 0.1) is 11.4 Å². The molecule has 1 amide bonds. The van der Waals surface area contributed by atoms with Crippen molar-refractivity contribution in [2.45, 2.75) is 13.1 Å². The first-order valence-electron chi connectivity index (χ1n) is 7.97. The summed E-state index contributed by atoms with van der Waals surface area (Å²) < 4.78 is 39.4. The van der Waals surface area contributed by atoms with Crippen LogP contribution in [-0.4, -0.2) is 20.7 Å². The molecule has 1 N–H and O–H groups in total. The molecule has 0 aliphatic heterocycles. The van der Waals surface area contributed by atoms with Gasteiger partial charge in [-0.1, -0.05) is 12.6 Å². The van der Waals surface area contributed by atoms with E-state index in [1.807, 2.05) is 0 Å². The Kier molecular flexibility index (Phi) is 5.35. The first-order valence-corrected chi connectivity index (χ1v) is 7.97. The molecule has 1 aromatic carbocycles. The number of carbonyl (C=O) groups excluding carboxylic acids is 1. The van der Waals surface area contributed by atoms with Gasteiger partial charge in [-0.3, -0.25) is 4.79 Å². The summed E-state index contributed by atoms with van der Waals surface area (Å²) in [6.45, 7) is 0.728. The van der Waals surface area contributed by atoms with Crippen LogP contribution in [0.4, 0.5) is 13.2 Å². The number of benzene rings is 1. The average Bonchev–Trinajstić information content (AvgIpc) is 3.17. The van der Waals surface area contributed by atoms with Crippen molar-refractivity contribution in [2.24, 2.45) is 0 Å². The van der Waals surface area contributed by atoms with Gasteiger partial charge in [0.2, 0.25) is 5.91 Å². The first-order chi connectivity index (χ1) is 13.0. The highest BCUT2D eigenvalue weighted by molar-refractivity contribution is 5.86. The second-order valence-corrected chi connectivity index (χ2v) is 5.59. The Hall–Kier alpha value is -3.42. The lowest BCUT2D eigenvalue weighted by molar-refractivity contribution is -0.116. The number of hydrogen-bond acceptors (Lipinski definition) is 3. The fourth-order valence-corrected chi connectivity index (χ4v) is 2.46. The summed E-state index contributed by atoms with van der Waals surface area (Å²) in [6, 6.07) is 10.6. The van der Waals surface area contributed by atoms with Crippen molar-refractivity contribution >= 4 is 5.91 Å². The summed E-state index contributed by atoms with van der Waals surface area (Å²) in [5.41, 5.74) is 2.36. The lowest BCUT2D eigenvalue weighted by Gasteiger charge is -2.10. The smallest absolute Gasteiger partial charge is 0.333 e. The van der Waals surface area contributed by atoms with Gasteiger partial charge in [-0.25, -0.2) is 14.1 Å². The molecule has 0 unspecified atom stereocenters. The van der Waals surface area contributed by atoms with Gasteiger partial charge in [-0.15, -0.1) is 0 Å². The molecule has 2 heterocycles. The summed E-state index contributed by atoms with van der Waals surface area (Å²) in [7, 11) is 0. The van der Waals surface area contributed by atoms with E-state index in [2.05, 4.69) is 22.0 Å². The third-order valence-electron chi connectivity index (χ3n) is 3.81. The zero-order chi connectivity index (χ0) is 19.4. The van der Waals surface area contributed by atoms with Gasteiger partial charge < -0.3 is 5.32 Å². The molecule has 0 bridgehead atoms. The van der Waals surface area contributed by atoms with Crippen LogP contribution in [0.1, 0.15) is 12.1 Å². The molecule has 138 valence electrons. The van der Waals surface area contributed by atoms with Crippen LogP contribution in [0.3, 0.4) is 0 Å². The van der Waals surface area contributed by atoms with Crippen molar-refractivity contribution in [1.82, 2.24) is 20.1 Å². The number of rotatable bonds is 6. The molecule has 3 rings (SSSR count). The molecule has 5 nitrogen and oxygen atoms in total. The molecule has 8 heteroatoms. The summed E-state index contributed by atoms with van der Waals surface area (Å²) in [6.07, 6.45) is 2.28. The maximum Gasteiger partial charge on any atom is 0.333 e. The van der Waals surface area contributed by atoms with Crippen molar-refractivity contribution in [3.8, 4) is 22.6 Å². The Morgan fingerprint density at radius 3 is 2.52 bits per heavy atom. The molecule has 0 fully saturated rings. The van der Waals surface area contributed by atoms with Gasteiger partial charge in [-0.2, -0.15) is 13.9 Å². The van der Waals surface area contributed by atoms with Gasteiger partial charge in [0.1, 0.15) is 11.5 Å². The summed E-state index contributed by atoms with van der Waals surface area (Å²) in [4.78, 5) is 15.9. The number of hydrogen-bond donors (Lipinski definition) is 1. The van der Waals surface area contributed by atoms with Crippen LogP contribution in [0.25, 0.3) is 22.6 Å². The van der Waals surface area contributed by atoms with Crippen LogP contribution < -0.4 is 5.32 Å². The van der Waals surface area contributed by atoms with Gasteiger partial charge in [0, 0.05) is 18.3 Å². The predicted octanol–water partition coefficient (Wildman–Crippen LogP) is 3.95. The van der Waals surface area contributed by atoms with E-state index in [9.17, 15) is 18.0 Å². The monoisotopic (exact) mass is 372 g/mol. The minimum Gasteiger partial charge on any atom is -0.348 e. The van der Waals surface area contributed by atoms with Gasteiger partial charge >= 0.3 is 6.55 Å². The van der Waals surface area contributed by atoms with E-state index in [4.69, 9.17) is 0 Å². The Morgan fingerprint density at radius 1 is 1.15 bits per heavy atom. The van der Waals surface area contributed by atoms with Crippen molar-refractivity contribution in [1.29, 1.82) is 0 Å². The number of amides is 1. The topological polar surface area (TPSA) is 59.8 Å². The quantitative estimate of drug-likeness (QED) is 0.667. The minimum atomic E-state index is -2.78. The minimum absolute atomic E-state index is 0.123. The fraction of sp³-hybridized carbons (Fsp3) is 0.105. The summed E-state index contributed by atoms with van der Waals surface area (Å²) in [5.74, 6) is -0.750. The Bertz CT molecular complexity index is 967. The molecule has 27 heavy (non-hydrogen) atoms. The largest absolute Gasteiger partial charge is 0.348 e. The van der Waals surface area contributed by atoms with Gasteiger partial charge in [0.15, 0.2) is 0 Å². The van der Waals surface area contributed by atoms with Crippen molar-refractivity contribution in [3.05, 3.63) is 72.7 Å². The molecule has 0 radical (unpaired) electrons. The van der Waals surface area contributed by atoms with Crippen LogP contribution in [0.2, 0.25) is 0 Å². The highest BCUT2D eigenvalue weighted by atomic mass is 19.3. The molecule has 3 aromatic rings. The van der Waals surface area contributed by atoms with Crippen LogP contribution >= 0.6 is 0 Å². The highest BCUT2D eigenvalue weighted by Gasteiger charge is 2.15. The molecule has 0 aliphatic carbocycles. The van der Waals surface area contributed by atoms with Crippen LogP contribution in [0.15, 0.2) is 61.3 Å². The molecule has 2 aromatic heterocycles. The lowest BCUT2D eigenvalue weighted by Crippen LogP contribution is -2.20. The first kappa shape index (κ1) is 18.4. The molecular formula is C19H15F3N4O. The standard InChI is InChI=1S/C19H15F3N4O/c1-2-17(27)23-11-13-5-8-15(12-3-6-14(20)7-4-12)24-18(13)16-9-10-26(25-16)19(21)22/h2-10,19H,1,11H2,(H,23,27). The third kappa shape index (κ3) is 4.22. The summed E-state index contributed by atoms with van der Waals surface area (Å²) >= 11 is 0. The second kappa shape index (κ2) is 7.86. The SMILES string of the molecule is C=CC(=O)NCc1ccc(-c2ccc(F)cc2)nc1-c1ccn(C(F)F)n1. The maximum atomic E-state index is 13.1. The zero-order valence-electron chi connectivity index (χ0n) is 14.1. The third-order valence-corrected chi connectivity index (χ3v) is 3.81. The Labute approximate surface area is 153 Å². The van der Waals surface area contributed by atoms with Crippen LogP contribution in [0, 0.1) is 5.82 Å². The van der Waals surface area contributed by atoms with E-state index >= 15 is 0 Å². The van der Waals surface area contributed by atoms with E-state index < -0.39 is 6.55 Å². The predicted molar refractivity (Wildman–Crippen MR) is 94.1 cm³/mol. The maximum absolute atomic E-state index is 13.1. The van der Waals surface area contributed by atoms with E-state index in [1.54, 1.807) is 24.3 Å². The highest BCUT2D eigenvalue weighted by Crippen LogP contribution is 2.26. The van der Waals surface area contributed by atoms with Crippen LogP contribution in [0.5, 0.6) is 0 Å². The Morgan fingerprint density at radius 2 is 1.89 bits per heavy atom. The lowest BCUT2D eigenvalue weighted by atomic mass is 10.1. The van der Waals surface area contributed by atoms with Gasteiger partial charge in [0.25, 0.3) is 0 Å². The molecular weight excluding hydrogens is 357 g/mol. The number of carbonyl (C=O) groups is 1. The second-order valence-electron chi connectivity index (χ2n) is 5.59. The van der Waals surface area contributed by atoms with E-state index in [0.29, 0.717) is 27.2 Å².